The minimum atomic E-state index is -3.71. The number of rotatable bonds is 7. The molecule has 3 aromatic rings. The zero-order valence-electron chi connectivity index (χ0n) is 15.4. The van der Waals surface area contributed by atoms with Crippen molar-refractivity contribution in [1.29, 1.82) is 0 Å². The number of sulfonamides is 1. The van der Waals surface area contributed by atoms with Crippen LogP contribution in [0.25, 0.3) is 0 Å². The molecule has 1 heterocycles. The third-order valence-corrected chi connectivity index (χ3v) is 5.61. The summed E-state index contributed by atoms with van der Waals surface area (Å²) in [5.41, 5.74) is 1.83. The summed E-state index contributed by atoms with van der Waals surface area (Å²) >= 11 is 0. The number of anilines is 1. The van der Waals surface area contributed by atoms with E-state index in [0.29, 0.717) is 24.2 Å². The fraction of sp³-hybridized carbons (Fsp3) is 0.143. The van der Waals surface area contributed by atoms with Crippen molar-refractivity contribution in [3.63, 3.8) is 0 Å². The van der Waals surface area contributed by atoms with Crippen molar-refractivity contribution in [3.8, 4) is 0 Å². The molecule has 0 saturated heterocycles. The van der Waals surface area contributed by atoms with Crippen LogP contribution in [0.3, 0.4) is 0 Å². The molecule has 144 valence electrons. The molecule has 1 aromatic heterocycles. The molecular formula is C21H21N3O3S. The highest BCUT2D eigenvalue weighted by Crippen LogP contribution is 2.17. The number of hydrogen-bond donors (Lipinski definition) is 1. The molecule has 0 fully saturated rings. The van der Waals surface area contributed by atoms with Gasteiger partial charge in [0, 0.05) is 43.2 Å². The first-order valence-electron chi connectivity index (χ1n) is 8.79. The van der Waals surface area contributed by atoms with E-state index in [2.05, 4.69) is 9.71 Å². The van der Waals surface area contributed by atoms with Crippen molar-refractivity contribution in [2.24, 2.45) is 0 Å². The Hall–Kier alpha value is -3.19. The highest BCUT2D eigenvalue weighted by atomic mass is 32.2. The first kappa shape index (κ1) is 19.6. The monoisotopic (exact) mass is 395 g/mol. The smallest absolute Gasteiger partial charge is 0.261 e. The molecule has 7 heteroatoms. The van der Waals surface area contributed by atoms with Crippen LogP contribution in [0.4, 0.5) is 5.69 Å². The minimum Gasteiger partial charge on any atom is -0.341 e. The Balaban J connectivity index is 1.65. The van der Waals surface area contributed by atoms with Crippen LogP contribution in [-0.2, 0) is 16.4 Å². The van der Waals surface area contributed by atoms with Crippen LogP contribution >= 0.6 is 0 Å². The Labute approximate surface area is 164 Å². The topological polar surface area (TPSA) is 79.4 Å². The van der Waals surface area contributed by atoms with Gasteiger partial charge in [-0.2, -0.15) is 0 Å². The fourth-order valence-electron chi connectivity index (χ4n) is 2.65. The maximum Gasteiger partial charge on any atom is 0.261 e. The van der Waals surface area contributed by atoms with Gasteiger partial charge in [0.25, 0.3) is 15.9 Å². The molecule has 1 N–H and O–H groups in total. The molecule has 2 aromatic carbocycles. The maximum absolute atomic E-state index is 12.6. The van der Waals surface area contributed by atoms with Gasteiger partial charge in [-0.15, -0.1) is 0 Å². The van der Waals surface area contributed by atoms with Crippen molar-refractivity contribution in [2.45, 2.75) is 11.3 Å². The molecule has 0 radical (unpaired) electrons. The zero-order chi connectivity index (χ0) is 20.0. The number of nitrogens with zero attached hydrogens (tertiary/aromatic N) is 2. The van der Waals surface area contributed by atoms with Crippen LogP contribution in [0, 0.1) is 0 Å². The van der Waals surface area contributed by atoms with Gasteiger partial charge in [-0.25, -0.2) is 8.42 Å². The van der Waals surface area contributed by atoms with E-state index in [9.17, 15) is 13.2 Å². The molecule has 0 saturated carbocycles. The number of amides is 1. The van der Waals surface area contributed by atoms with E-state index in [0.717, 1.165) is 5.69 Å². The molecular weight excluding hydrogens is 374 g/mol. The number of likely N-dealkylation sites (N-methyl/N-ethyl adjacent to an activating group) is 1. The van der Waals surface area contributed by atoms with Gasteiger partial charge in [-0.05, 0) is 48.5 Å². The van der Waals surface area contributed by atoms with Crippen molar-refractivity contribution >= 4 is 21.6 Å². The van der Waals surface area contributed by atoms with Crippen molar-refractivity contribution in [2.75, 3.05) is 18.3 Å². The largest absolute Gasteiger partial charge is 0.341 e. The van der Waals surface area contributed by atoms with Gasteiger partial charge in [0.1, 0.15) is 0 Å². The summed E-state index contributed by atoms with van der Waals surface area (Å²) in [7, 11) is -1.99. The second-order valence-electron chi connectivity index (χ2n) is 6.29. The van der Waals surface area contributed by atoms with E-state index in [1.807, 2.05) is 24.3 Å². The second-order valence-corrected chi connectivity index (χ2v) is 7.98. The number of hydrogen-bond acceptors (Lipinski definition) is 4. The lowest BCUT2D eigenvalue weighted by Crippen LogP contribution is -2.29. The van der Waals surface area contributed by atoms with Gasteiger partial charge in [0.15, 0.2) is 0 Å². The van der Waals surface area contributed by atoms with Crippen LogP contribution in [0.15, 0.2) is 83.9 Å². The van der Waals surface area contributed by atoms with Crippen LogP contribution in [-0.4, -0.2) is 37.8 Å². The summed E-state index contributed by atoms with van der Waals surface area (Å²) in [6, 6.07) is 20.3. The van der Waals surface area contributed by atoms with Gasteiger partial charge in [0.05, 0.1) is 4.90 Å². The molecule has 6 nitrogen and oxygen atoms in total. The average molecular weight is 395 g/mol. The first-order valence-corrected chi connectivity index (χ1v) is 10.3. The lowest BCUT2D eigenvalue weighted by atomic mass is 10.2. The number of carbonyl (C=O) groups is 1. The van der Waals surface area contributed by atoms with Gasteiger partial charge < -0.3 is 4.90 Å². The third-order valence-electron chi connectivity index (χ3n) is 4.21. The van der Waals surface area contributed by atoms with Crippen molar-refractivity contribution in [3.05, 3.63) is 90.3 Å². The number of para-hydroxylation sites is 1. The highest BCUT2D eigenvalue weighted by molar-refractivity contribution is 7.92. The average Bonchev–Trinajstić information content (AvgIpc) is 2.73. The summed E-state index contributed by atoms with van der Waals surface area (Å²) in [5, 5.41) is 0. The number of nitrogens with one attached hydrogen (secondary N) is 1. The summed E-state index contributed by atoms with van der Waals surface area (Å²) in [5.74, 6) is -0.170. The number of carbonyl (C=O) groups excluding carboxylic acids is 1. The van der Waals surface area contributed by atoms with Crippen LogP contribution in [0.2, 0.25) is 0 Å². The summed E-state index contributed by atoms with van der Waals surface area (Å²) in [4.78, 5) is 18.5. The van der Waals surface area contributed by atoms with Crippen molar-refractivity contribution < 1.29 is 13.2 Å². The normalized spacial score (nSPS) is 11.0. The molecule has 0 spiro atoms. The van der Waals surface area contributed by atoms with E-state index in [-0.39, 0.29) is 10.8 Å². The standard InChI is InChI=1S/C21H21N3O3S/c1-24(16-14-18-7-5-6-15-22-18)21(25)17-10-12-20(13-11-17)28(26,27)23-19-8-3-2-4-9-19/h2-13,15,23H,14,16H2,1H3. The van der Waals surface area contributed by atoms with Crippen molar-refractivity contribution in [1.82, 2.24) is 9.88 Å². The van der Waals surface area contributed by atoms with E-state index >= 15 is 0 Å². The number of aromatic nitrogens is 1. The lowest BCUT2D eigenvalue weighted by Gasteiger charge is -2.17. The second kappa shape index (κ2) is 8.67. The molecule has 0 atom stereocenters. The van der Waals surface area contributed by atoms with Crippen LogP contribution in [0.1, 0.15) is 16.1 Å². The van der Waals surface area contributed by atoms with Gasteiger partial charge in [-0.1, -0.05) is 24.3 Å². The summed E-state index contributed by atoms with van der Waals surface area (Å²) < 4.78 is 27.4. The van der Waals surface area contributed by atoms with Gasteiger partial charge >= 0.3 is 0 Å². The number of pyridine rings is 1. The molecule has 28 heavy (non-hydrogen) atoms. The van der Waals surface area contributed by atoms with E-state index < -0.39 is 10.0 Å². The first-order chi connectivity index (χ1) is 13.5. The predicted octanol–water partition coefficient (Wildman–Crippen LogP) is 3.20. The van der Waals surface area contributed by atoms with E-state index in [1.54, 1.807) is 42.4 Å². The minimum absolute atomic E-state index is 0.101. The van der Waals surface area contributed by atoms with E-state index in [1.165, 1.54) is 24.3 Å². The zero-order valence-corrected chi connectivity index (χ0v) is 16.3. The highest BCUT2D eigenvalue weighted by Gasteiger charge is 2.16. The van der Waals surface area contributed by atoms with Crippen LogP contribution in [0.5, 0.6) is 0 Å². The lowest BCUT2D eigenvalue weighted by molar-refractivity contribution is 0.0796. The predicted molar refractivity (Wildman–Crippen MR) is 109 cm³/mol. The van der Waals surface area contributed by atoms with Crippen LogP contribution < -0.4 is 4.72 Å². The summed E-state index contributed by atoms with van der Waals surface area (Å²) in [6.07, 6.45) is 2.37. The quantitative estimate of drug-likeness (QED) is 0.666. The Morgan fingerprint density at radius 2 is 1.64 bits per heavy atom. The molecule has 0 unspecified atom stereocenters. The molecule has 0 bridgehead atoms. The Morgan fingerprint density at radius 3 is 2.29 bits per heavy atom. The summed E-state index contributed by atoms with van der Waals surface area (Å²) in [6.45, 7) is 0.519. The molecule has 0 aliphatic rings. The molecule has 0 aliphatic heterocycles. The van der Waals surface area contributed by atoms with Gasteiger partial charge in [0.2, 0.25) is 0 Å². The molecule has 0 aliphatic carbocycles. The van der Waals surface area contributed by atoms with E-state index in [4.69, 9.17) is 0 Å². The SMILES string of the molecule is CN(CCc1ccccn1)C(=O)c1ccc(S(=O)(=O)Nc2ccccc2)cc1. The number of benzene rings is 2. The molecule has 3 rings (SSSR count). The fourth-order valence-corrected chi connectivity index (χ4v) is 3.71. The Morgan fingerprint density at radius 1 is 0.964 bits per heavy atom. The Kier molecular flexibility index (Phi) is 6.06. The van der Waals surface area contributed by atoms with Gasteiger partial charge in [-0.3, -0.25) is 14.5 Å². The Bertz CT molecular complexity index is 1020. The molecule has 1 amide bonds. The third kappa shape index (κ3) is 4.95. The maximum atomic E-state index is 12.6.